The summed E-state index contributed by atoms with van der Waals surface area (Å²) in [5.74, 6) is 1.78. The molecular weight excluding hydrogens is 486 g/mol. The summed E-state index contributed by atoms with van der Waals surface area (Å²) >= 11 is 0. The van der Waals surface area contributed by atoms with Crippen molar-refractivity contribution in [3.63, 3.8) is 0 Å². The Hall–Kier alpha value is -2.43. The molecule has 9 heteroatoms. The predicted molar refractivity (Wildman–Crippen MR) is 123 cm³/mol. The van der Waals surface area contributed by atoms with Gasteiger partial charge in [-0.15, -0.1) is 34.2 Å². The summed E-state index contributed by atoms with van der Waals surface area (Å²) in [4.78, 5) is 4.23. The molecule has 2 aromatic heterocycles. The third-order valence-electron chi connectivity index (χ3n) is 4.30. The van der Waals surface area contributed by atoms with E-state index < -0.39 is 0 Å². The zero-order valence-electron chi connectivity index (χ0n) is 16.5. The summed E-state index contributed by atoms with van der Waals surface area (Å²) in [6.45, 7) is 3.25. The molecule has 0 aliphatic heterocycles. The Kier molecular flexibility index (Phi) is 9.10. The van der Waals surface area contributed by atoms with E-state index in [4.69, 9.17) is 4.74 Å². The van der Waals surface area contributed by atoms with E-state index in [0.717, 1.165) is 17.9 Å². The Bertz CT molecular complexity index is 932. The van der Waals surface area contributed by atoms with E-state index in [2.05, 4.69) is 25.8 Å². The lowest BCUT2D eigenvalue weighted by atomic mass is 10.2. The van der Waals surface area contributed by atoms with Crippen LogP contribution in [0.25, 0.3) is 5.65 Å². The van der Waals surface area contributed by atoms with Crippen LogP contribution in [0.1, 0.15) is 19.2 Å². The van der Waals surface area contributed by atoms with Crippen molar-refractivity contribution in [3.05, 3.63) is 60.3 Å². The van der Waals surface area contributed by atoms with Crippen molar-refractivity contribution >= 4 is 35.6 Å². The SMILES string of the molecule is CCC(CNC(=NC)NCCc1nnc2ccccn12)Oc1cccc(F)c1.I. The Balaban J connectivity index is 0.00000300. The summed E-state index contributed by atoms with van der Waals surface area (Å²) in [7, 11) is 1.72. The largest absolute Gasteiger partial charge is 0.489 e. The highest BCUT2D eigenvalue weighted by atomic mass is 127. The van der Waals surface area contributed by atoms with Crippen molar-refractivity contribution in [2.45, 2.75) is 25.9 Å². The molecule has 1 unspecified atom stereocenters. The second-order valence-electron chi connectivity index (χ2n) is 6.28. The van der Waals surface area contributed by atoms with Gasteiger partial charge in [0.1, 0.15) is 23.5 Å². The van der Waals surface area contributed by atoms with E-state index in [1.165, 1.54) is 12.1 Å². The second-order valence-corrected chi connectivity index (χ2v) is 6.28. The minimum Gasteiger partial charge on any atom is -0.489 e. The van der Waals surface area contributed by atoms with Crippen LogP contribution in [-0.2, 0) is 6.42 Å². The van der Waals surface area contributed by atoms with Gasteiger partial charge in [-0.1, -0.05) is 19.1 Å². The molecule has 1 aromatic carbocycles. The number of aliphatic imine (C=N–C) groups is 1. The third kappa shape index (κ3) is 6.55. The van der Waals surface area contributed by atoms with Crippen molar-refractivity contribution < 1.29 is 9.13 Å². The highest BCUT2D eigenvalue weighted by Gasteiger charge is 2.10. The van der Waals surface area contributed by atoms with Gasteiger partial charge in [-0.05, 0) is 30.7 Å². The monoisotopic (exact) mass is 512 g/mol. The Morgan fingerprint density at radius 2 is 2.07 bits per heavy atom. The first-order valence-corrected chi connectivity index (χ1v) is 9.35. The molecule has 7 nitrogen and oxygen atoms in total. The Morgan fingerprint density at radius 3 is 2.83 bits per heavy atom. The number of ether oxygens (including phenoxy) is 1. The zero-order valence-corrected chi connectivity index (χ0v) is 18.8. The summed E-state index contributed by atoms with van der Waals surface area (Å²) in [5.41, 5.74) is 0.834. The molecule has 2 N–H and O–H groups in total. The summed E-state index contributed by atoms with van der Waals surface area (Å²) < 4.78 is 21.1. The number of benzene rings is 1. The van der Waals surface area contributed by atoms with Gasteiger partial charge in [0.25, 0.3) is 0 Å². The van der Waals surface area contributed by atoms with Crippen molar-refractivity contribution in [3.8, 4) is 5.75 Å². The number of hydrogen-bond acceptors (Lipinski definition) is 4. The van der Waals surface area contributed by atoms with E-state index in [-0.39, 0.29) is 35.9 Å². The minimum atomic E-state index is -0.307. The summed E-state index contributed by atoms with van der Waals surface area (Å²) in [6, 6.07) is 12.0. The quantitative estimate of drug-likeness (QED) is 0.276. The molecule has 0 aliphatic rings. The maximum absolute atomic E-state index is 13.3. The second kappa shape index (κ2) is 11.5. The Morgan fingerprint density at radius 1 is 1.21 bits per heavy atom. The average molecular weight is 512 g/mol. The molecule has 0 bridgehead atoms. The maximum atomic E-state index is 13.3. The molecular formula is C20H26FIN6O. The number of pyridine rings is 1. The van der Waals surface area contributed by atoms with Crippen LogP contribution in [-0.4, -0.2) is 46.8 Å². The fraction of sp³-hybridized carbons (Fsp3) is 0.350. The number of aromatic nitrogens is 3. The third-order valence-corrected chi connectivity index (χ3v) is 4.30. The van der Waals surface area contributed by atoms with Crippen LogP contribution in [0.4, 0.5) is 4.39 Å². The van der Waals surface area contributed by atoms with Crippen molar-refractivity contribution in [2.75, 3.05) is 20.1 Å². The van der Waals surface area contributed by atoms with E-state index in [9.17, 15) is 4.39 Å². The lowest BCUT2D eigenvalue weighted by molar-refractivity contribution is 0.199. The first kappa shape index (κ1) is 22.9. The van der Waals surface area contributed by atoms with Crippen LogP contribution >= 0.6 is 24.0 Å². The van der Waals surface area contributed by atoms with Gasteiger partial charge in [0, 0.05) is 32.3 Å². The van der Waals surface area contributed by atoms with Gasteiger partial charge < -0.3 is 15.4 Å². The first-order valence-electron chi connectivity index (χ1n) is 9.35. The lowest BCUT2D eigenvalue weighted by Gasteiger charge is -2.20. The van der Waals surface area contributed by atoms with Crippen LogP contribution in [0.2, 0.25) is 0 Å². The summed E-state index contributed by atoms with van der Waals surface area (Å²) in [5, 5.41) is 14.9. The van der Waals surface area contributed by atoms with Gasteiger partial charge >= 0.3 is 0 Å². The minimum absolute atomic E-state index is 0. The molecule has 0 saturated heterocycles. The number of guanidine groups is 1. The predicted octanol–water partition coefficient (Wildman–Crippen LogP) is 3.05. The van der Waals surface area contributed by atoms with Crippen LogP contribution < -0.4 is 15.4 Å². The number of nitrogens with one attached hydrogen (secondary N) is 2. The number of fused-ring (bicyclic) bond motifs is 1. The molecule has 29 heavy (non-hydrogen) atoms. The number of nitrogens with zero attached hydrogens (tertiary/aromatic N) is 4. The topological polar surface area (TPSA) is 75.8 Å². The molecule has 0 radical (unpaired) electrons. The van der Waals surface area contributed by atoms with Crippen LogP contribution in [0.15, 0.2) is 53.7 Å². The molecule has 0 aliphatic carbocycles. The van der Waals surface area contributed by atoms with Crippen LogP contribution in [0.3, 0.4) is 0 Å². The van der Waals surface area contributed by atoms with Gasteiger partial charge in [0.2, 0.25) is 0 Å². The highest BCUT2D eigenvalue weighted by Crippen LogP contribution is 2.14. The fourth-order valence-electron chi connectivity index (χ4n) is 2.79. The van der Waals surface area contributed by atoms with E-state index in [0.29, 0.717) is 31.2 Å². The molecule has 3 aromatic rings. The Labute approximate surface area is 186 Å². The van der Waals surface area contributed by atoms with Gasteiger partial charge in [0.05, 0.1) is 6.54 Å². The number of rotatable bonds is 8. The molecule has 0 amide bonds. The highest BCUT2D eigenvalue weighted by molar-refractivity contribution is 14.0. The molecule has 156 valence electrons. The molecule has 0 spiro atoms. The van der Waals surface area contributed by atoms with Crippen LogP contribution in [0, 0.1) is 5.82 Å². The lowest BCUT2D eigenvalue weighted by Crippen LogP contribution is -2.43. The zero-order chi connectivity index (χ0) is 19.8. The average Bonchev–Trinajstić information content (AvgIpc) is 3.12. The smallest absolute Gasteiger partial charge is 0.191 e. The first-order chi connectivity index (χ1) is 13.7. The van der Waals surface area contributed by atoms with E-state index >= 15 is 0 Å². The molecule has 0 saturated carbocycles. The van der Waals surface area contributed by atoms with Crippen molar-refractivity contribution in [1.82, 2.24) is 25.2 Å². The number of halogens is 2. The standard InChI is InChI=1S/C20H25FN6O.HI/c1-3-16(28-17-8-6-7-15(21)13-17)14-24-20(22-2)23-11-10-19-26-25-18-9-4-5-12-27(18)19;/h4-9,12-13,16H,3,10-11,14H2,1-2H3,(H2,22,23,24);1H. The van der Waals surface area contributed by atoms with Crippen LogP contribution in [0.5, 0.6) is 5.75 Å². The van der Waals surface area contributed by atoms with Gasteiger partial charge in [-0.25, -0.2) is 4.39 Å². The van der Waals surface area contributed by atoms with Crippen molar-refractivity contribution in [2.24, 2.45) is 4.99 Å². The number of hydrogen-bond donors (Lipinski definition) is 2. The van der Waals surface area contributed by atoms with Gasteiger partial charge in [0.15, 0.2) is 11.6 Å². The van der Waals surface area contributed by atoms with E-state index in [1.54, 1.807) is 19.2 Å². The normalized spacial score (nSPS) is 12.3. The maximum Gasteiger partial charge on any atom is 0.191 e. The fourth-order valence-corrected chi connectivity index (χ4v) is 2.79. The summed E-state index contributed by atoms with van der Waals surface area (Å²) in [6.07, 6.45) is 3.35. The molecule has 2 heterocycles. The van der Waals surface area contributed by atoms with E-state index in [1.807, 2.05) is 35.7 Å². The molecule has 0 fully saturated rings. The molecule has 1 atom stereocenters. The van der Waals surface area contributed by atoms with Gasteiger partial charge in [-0.3, -0.25) is 9.39 Å². The molecule has 3 rings (SSSR count). The van der Waals surface area contributed by atoms with Crippen molar-refractivity contribution in [1.29, 1.82) is 0 Å². The van der Waals surface area contributed by atoms with Gasteiger partial charge in [-0.2, -0.15) is 0 Å².